The zero-order valence-electron chi connectivity index (χ0n) is 13.8. The lowest BCUT2D eigenvalue weighted by molar-refractivity contribution is 0.0782. The van der Waals surface area contributed by atoms with Crippen LogP contribution < -0.4 is 0 Å². The number of carbonyl (C=O) groups excluding carboxylic acids is 1. The summed E-state index contributed by atoms with van der Waals surface area (Å²) >= 11 is 5.88. The van der Waals surface area contributed by atoms with Crippen LogP contribution in [-0.4, -0.2) is 49.0 Å². The highest BCUT2D eigenvalue weighted by atomic mass is 35.5. The molecular weight excluding hydrogens is 363 g/mol. The minimum absolute atomic E-state index is 0.0289. The zero-order valence-corrected chi connectivity index (χ0v) is 14.5. The van der Waals surface area contributed by atoms with Crippen LogP contribution in [-0.2, 0) is 0 Å². The van der Waals surface area contributed by atoms with Crippen LogP contribution in [0.3, 0.4) is 0 Å². The molecule has 0 bridgehead atoms. The maximum absolute atomic E-state index is 13.9. The molecule has 1 fully saturated rings. The summed E-state index contributed by atoms with van der Waals surface area (Å²) in [6, 6.07) is 3.89. The summed E-state index contributed by atoms with van der Waals surface area (Å²) in [5, 5.41) is 12.2. The van der Waals surface area contributed by atoms with Gasteiger partial charge in [-0.3, -0.25) is 4.79 Å². The number of halogens is 2. The van der Waals surface area contributed by atoms with Crippen molar-refractivity contribution in [3.05, 3.63) is 46.6 Å². The number of amides is 1. The zero-order chi connectivity index (χ0) is 18.3. The van der Waals surface area contributed by atoms with Crippen LogP contribution >= 0.6 is 11.6 Å². The van der Waals surface area contributed by atoms with Gasteiger partial charge in [-0.25, -0.2) is 9.07 Å². The number of likely N-dealkylation sites (tertiary alicyclic amines) is 1. The van der Waals surface area contributed by atoms with Gasteiger partial charge in [0.05, 0.1) is 17.8 Å². The Balaban J connectivity index is 1.49. The van der Waals surface area contributed by atoms with Gasteiger partial charge in [-0.1, -0.05) is 22.0 Å². The van der Waals surface area contributed by atoms with E-state index < -0.39 is 5.82 Å². The Kier molecular flexibility index (Phi) is 4.15. The molecule has 1 aromatic carbocycles. The minimum atomic E-state index is -0.586. The molecule has 3 aromatic rings. The van der Waals surface area contributed by atoms with E-state index in [-0.39, 0.29) is 17.5 Å². The Morgan fingerprint density at radius 2 is 2.27 bits per heavy atom. The van der Waals surface area contributed by atoms with E-state index in [0.717, 1.165) is 0 Å². The second kappa shape index (κ2) is 6.49. The molecule has 1 atom stereocenters. The predicted octanol–water partition coefficient (Wildman–Crippen LogP) is 2.52. The van der Waals surface area contributed by atoms with E-state index >= 15 is 0 Å². The van der Waals surface area contributed by atoms with E-state index in [9.17, 15) is 9.18 Å². The molecule has 1 unspecified atom stereocenters. The van der Waals surface area contributed by atoms with Crippen molar-refractivity contribution in [3.63, 3.8) is 0 Å². The summed E-state index contributed by atoms with van der Waals surface area (Å²) in [5.74, 6) is -0.172. The fourth-order valence-corrected chi connectivity index (χ4v) is 3.10. The molecule has 0 aliphatic carbocycles. The smallest absolute Gasteiger partial charge is 0.280 e. The summed E-state index contributed by atoms with van der Waals surface area (Å²) in [6.45, 7) is 2.60. The van der Waals surface area contributed by atoms with Crippen LogP contribution in [0.2, 0.25) is 5.02 Å². The van der Waals surface area contributed by atoms with Crippen molar-refractivity contribution in [1.82, 2.24) is 30.0 Å². The quantitative estimate of drug-likeness (QED) is 0.697. The minimum Gasteiger partial charge on any atom is -0.336 e. The first-order chi connectivity index (χ1) is 12.5. The highest BCUT2D eigenvalue weighted by molar-refractivity contribution is 6.31. The van der Waals surface area contributed by atoms with E-state index in [1.807, 2.05) is 0 Å². The summed E-state index contributed by atoms with van der Waals surface area (Å²) < 4.78 is 20.7. The van der Waals surface area contributed by atoms with Crippen molar-refractivity contribution < 1.29 is 13.7 Å². The van der Waals surface area contributed by atoms with Crippen molar-refractivity contribution in [2.45, 2.75) is 19.4 Å². The molecule has 0 spiro atoms. The standard InChI is InChI=1S/C16H14ClFN6O2/c1-9-19-15(26-21-9)14-8-24(22-20-14)11-4-5-23(7-11)16(25)12-6-10(17)2-3-13(12)18/h2-3,6,8,11H,4-5,7H2,1H3. The second-order valence-electron chi connectivity index (χ2n) is 6.05. The Hall–Kier alpha value is -2.81. The van der Waals surface area contributed by atoms with Gasteiger partial charge in [0.15, 0.2) is 11.5 Å². The molecule has 1 aliphatic heterocycles. The summed E-state index contributed by atoms with van der Waals surface area (Å²) in [5.41, 5.74) is 0.440. The number of aromatic nitrogens is 5. The SMILES string of the molecule is Cc1noc(-c2cn(C3CCN(C(=O)c4cc(Cl)ccc4F)C3)nn2)n1. The van der Waals surface area contributed by atoms with Crippen LogP contribution in [0.5, 0.6) is 0 Å². The summed E-state index contributed by atoms with van der Waals surface area (Å²) in [4.78, 5) is 18.3. The number of rotatable bonds is 3. The van der Waals surface area contributed by atoms with E-state index in [2.05, 4.69) is 20.5 Å². The number of benzene rings is 1. The molecule has 4 rings (SSSR count). The van der Waals surface area contributed by atoms with Gasteiger partial charge < -0.3 is 9.42 Å². The predicted molar refractivity (Wildman–Crippen MR) is 89.0 cm³/mol. The lowest BCUT2D eigenvalue weighted by Crippen LogP contribution is -2.30. The van der Waals surface area contributed by atoms with Gasteiger partial charge in [0.2, 0.25) is 0 Å². The van der Waals surface area contributed by atoms with Crippen LogP contribution in [0.15, 0.2) is 28.9 Å². The van der Waals surface area contributed by atoms with Gasteiger partial charge in [-0.15, -0.1) is 5.10 Å². The highest BCUT2D eigenvalue weighted by Gasteiger charge is 2.30. The van der Waals surface area contributed by atoms with E-state index in [1.165, 1.54) is 18.2 Å². The van der Waals surface area contributed by atoms with E-state index in [1.54, 1.807) is 22.7 Å². The van der Waals surface area contributed by atoms with Gasteiger partial charge in [0.25, 0.3) is 11.8 Å². The monoisotopic (exact) mass is 376 g/mol. The molecule has 134 valence electrons. The summed E-state index contributed by atoms with van der Waals surface area (Å²) in [6.07, 6.45) is 2.38. The van der Waals surface area contributed by atoms with Gasteiger partial charge in [-0.2, -0.15) is 4.98 Å². The maximum Gasteiger partial charge on any atom is 0.280 e. The normalized spacial score (nSPS) is 17.0. The van der Waals surface area contributed by atoms with Crippen LogP contribution in [0, 0.1) is 12.7 Å². The summed E-state index contributed by atoms with van der Waals surface area (Å²) in [7, 11) is 0. The van der Waals surface area contributed by atoms with Gasteiger partial charge in [-0.05, 0) is 31.5 Å². The molecule has 8 nitrogen and oxygen atoms in total. The highest BCUT2D eigenvalue weighted by Crippen LogP contribution is 2.25. The first-order valence-electron chi connectivity index (χ1n) is 7.98. The first-order valence-corrected chi connectivity index (χ1v) is 8.36. The lowest BCUT2D eigenvalue weighted by atomic mass is 10.2. The van der Waals surface area contributed by atoms with Crippen molar-refractivity contribution in [3.8, 4) is 11.6 Å². The topological polar surface area (TPSA) is 89.9 Å². The van der Waals surface area contributed by atoms with Gasteiger partial charge >= 0.3 is 0 Å². The number of aryl methyl sites for hydroxylation is 1. The third-order valence-electron chi connectivity index (χ3n) is 4.24. The molecule has 0 saturated carbocycles. The van der Waals surface area contributed by atoms with Gasteiger partial charge in [0.1, 0.15) is 5.82 Å². The average molecular weight is 377 g/mol. The molecular formula is C16H14ClFN6O2. The van der Waals surface area contributed by atoms with Crippen LogP contribution in [0.1, 0.15) is 28.6 Å². The molecule has 2 aromatic heterocycles. The third kappa shape index (κ3) is 3.05. The Bertz CT molecular complexity index is 971. The number of hydrogen-bond donors (Lipinski definition) is 0. The Morgan fingerprint density at radius 3 is 3.04 bits per heavy atom. The Morgan fingerprint density at radius 1 is 1.42 bits per heavy atom. The average Bonchev–Trinajstić information content (AvgIpc) is 3.35. The van der Waals surface area contributed by atoms with Gasteiger partial charge in [0, 0.05) is 18.1 Å². The molecule has 3 heterocycles. The maximum atomic E-state index is 13.9. The molecule has 0 N–H and O–H groups in total. The first kappa shape index (κ1) is 16.6. The molecule has 1 saturated heterocycles. The lowest BCUT2D eigenvalue weighted by Gasteiger charge is -2.17. The van der Waals surface area contributed by atoms with E-state index in [4.69, 9.17) is 16.1 Å². The number of hydrogen-bond acceptors (Lipinski definition) is 6. The third-order valence-corrected chi connectivity index (χ3v) is 4.48. The number of nitrogens with zero attached hydrogens (tertiary/aromatic N) is 6. The molecule has 26 heavy (non-hydrogen) atoms. The molecule has 0 radical (unpaired) electrons. The molecule has 1 amide bonds. The van der Waals surface area contributed by atoms with Crippen molar-refractivity contribution in [1.29, 1.82) is 0 Å². The van der Waals surface area contributed by atoms with Crippen molar-refractivity contribution >= 4 is 17.5 Å². The number of carbonyl (C=O) groups is 1. The van der Waals surface area contributed by atoms with Crippen LogP contribution in [0.25, 0.3) is 11.6 Å². The molecule has 1 aliphatic rings. The van der Waals surface area contributed by atoms with Crippen LogP contribution in [0.4, 0.5) is 4.39 Å². The van der Waals surface area contributed by atoms with E-state index in [0.29, 0.717) is 41.9 Å². The van der Waals surface area contributed by atoms with Crippen molar-refractivity contribution in [2.75, 3.05) is 13.1 Å². The largest absolute Gasteiger partial charge is 0.336 e. The fraction of sp³-hybridized carbons (Fsp3) is 0.312. The second-order valence-corrected chi connectivity index (χ2v) is 6.48. The fourth-order valence-electron chi connectivity index (χ4n) is 2.93. The van der Waals surface area contributed by atoms with Crippen molar-refractivity contribution in [2.24, 2.45) is 0 Å². The Labute approximate surface area is 152 Å². The molecule has 10 heteroatoms.